The highest BCUT2D eigenvalue weighted by molar-refractivity contribution is 6.05. The molecule has 0 fully saturated rings. The van der Waals surface area contributed by atoms with Gasteiger partial charge in [0.05, 0.1) is 18.1 Å². The number of aromatic amines is 1. The van der Waals surface area contributed by atoms with Gasteiger partial charge in [-0.1, -0.05) is 6.92 Å². The lowest BCUT2D eigenvalue weighted by molar-refractivity contribution is 0.102. The minimum atomic E-state index is -0.601. The number of fused-ring (bicyclic) bond motifs is 1. The number of anilines is 2. The zero-order valence-corrected chi connectivity index (χ0v) is 15.8. The molecule has 10 heteroatoms. The fourth-order valence-electron chi connectivity index (χ4n) is 2.73. The number of ether oxygens (including phenoxy) is 1. The first-order chi connectivity index (χ1) is 13.9. The number of nitrogens with one attached hydrogen (secondary N) is 3. The van der Waals surface area contributed by atoms with E-state index in [0.29, 0.717) is 24.3 Å². The number of nitrogens with zero attached hydrogens (tertiary/aromatic N) is 2. The maximum atomic E-state index is 12.5. The van der Waals surface area contributed by atoms with Crippen molar-refractivity contribution in [3.63, 3.8) is 0 Å². The number of H-pyrrole nitrogens is 1. The molecule has 29 heavy (non-hydrogen) atoms. The molecule has 0 unspecified atom stereocenters. The Labute approximate surface area is 164 Å². The molecular formula is C19H19N5O5. The van der Waals surface area contributed by atoms with Crippen molar-refractivity contribution >= 4 is 34.4 Å². The molecule has 1 aromatic carbocycles. The van der Waals surface area contributed by atoms with Crippen molar-refractivity contribution < 1.29 is 14.3 Å². The summed E-state index contributed by atoms with van der Waals surface area (Å²) >= 11 is 0. The average molecular weight is 397 g/mol. The fraction of sp³-hybridized carbons (Fsp3) is 0.211. The van der Waals surface area contributed by atoms with Crippen LogP contribution in [0.2, 0.25) is 0 Å². The monoisotopic (exact) mass is 397 g/mol. The zero-order valence-electron chi connectivity index (χ0n) is 15.8. The van der Waals surface area contributed by atoms with E-state index in [0.717, 1.165) is 0 Å². The Morgan fingerprint density at radius 1 is 1.14 bits per heavy atom. The molecule has 2 aromatic heterocycles. The molecule has 0 aliphatic rings. The highest BCUT2D eigenvalue weighted by Crippen LogP contribution is 2.16. The number of rotatable bonds is 5. The third-order valence-corrected chi connectivity index (χ3v) is 4.12. The molecule has 0 saturated carbocycles. The maximum Gasteiger partial charge on any atom is 0.411 e. The third-order valence-electron chi connectivity index (χ3n) is 4.12. The topological polar surface area (TPSA) is 135 Å². The van der Waals surface area contributed by atoms with E-state index in [4.69, 9.17) is 0 Å². The van der Waals surface area contributed by atoms with Crippen molar-refractivity contribution in [2.45, 2.75) is 19.9 Å². The summed E-state index contributed by atoms with van der Waals surface area (Å²) in [6.45, 7) is 2.30. The van der Waals surface area contributed by atoms with Gasteiger partial charge in [-0.25, -0.2) is 14.6 Å². The molecule has 0 aliphatic heterocycles. The summed E-state index contributed by atoms with van der Waals surface area (Å²) in [5.74, 6) is -0.472. The van der Waals surface area contributed by atoms with Crippen LogP contribution >= 0.6 is 0 Å². The van der Waals surface area contributed by atoms with Gasteiger partial charge in [0, 0.05) is 24.1 Å². The van der Waals surface area contributed by atoms with Gasteiger partial charge in [0.15, 0.2) is 0 Å². The molecule has 3 N–H and O–H groups in total. The van der Waals surface area contributed by atoms with Crippen LogP contribution in [-0.2, 0) is 11.3 Å². The first-order valence-electron chi connectivity index (χ1n) is 8.82. The number of carbonyl (C=O) groups excluding carboxylic acids is 2. The number of aromatic nitrogens is 3. The van der Waals surface area contributed by atoms with Crippen molar-refractivity contribution in [2.75, 3.05) is 17.7 Å². The number of aryl methyl sites for hydroxylation is 1. The Hall–Kier alpha value is -3.95. The quantitative estimate of drug-likeness (QED) is 0.602. The Balaban J connectivity index is 1.85. The SMILES string of the molecule is CCCn1c(=O)[nH]c(=O)c2cc(C(=O)Nc3ccc(NC(=O)OC)cc3)cnc21. The third kappa shape index (κ3) is 4.32. The summed E-state index contributed by atoms with van der Waals surface area (Å²) < 4.78 is 5.87. The number of pyridine rings is 1. The smallest absolute Gasteiger partial charge is 0.411 e. The van der Waals surface area contributed by atoms with Gasteiger partial charge in [-0.3, -0.25) is 24.5 Å². The summed E-state index contributed by atoms with van der Waals surface area (Å²) in [6.07, 6.45) is 1.40. The van der Waals surface area contributed by atoms with Crippen LogP contribution in [0, 0.1) is 0 Å². The Kier molecular flexibility index (Phi) is 5.72. The van der Waals surface area contributed by atoms with Crippen molar-refractivity contribution in [1.82, 2.24) is 14.5 Å². The number of amides is 2. The number of benzene rings is 1. The second kappa shape index (κ2) is 8.38. The minimum absolute atomic E-state index is 0.156. The second-order valence-electron chi connectivity index (χ2n) is 6.15. The van der Waals surface area contributed by atoms with E-state index in [2.05, 4.69) is 25.3 Å². The lowest BCUT2D eigenvalue weighted by atomic mass is 10.2. The fourth-order valence-corrected chi connectivity index (χ4v) is 2.73. The number of methoxy groups -OCH3 is 1. The number of hydrogen-bond acceptors (Lipinski definition) is 6. The highest BCUT2D eigenvalue weighted by Gasteiger charge is 2.13. The van der Waals surface area contributed by atoms with Crippen LogP contribution in [0.1, 0.15) is 23.7 Å². The van der Waals surface area contributed by atoms with E-state index in [1.807, 2.05) is 6.92 Å². The summed E-state index contributed by atoms with van der Waals surface area (Å²) in [5, 5.41) is 5.34. The number of carbonyl (C=O) groups is 2. The zero-order chi connectivity index (χ0) is 21.0. The Morgan fingerprint density at radius 2 is 1.79 bits per heavy atom. The second-order valence-corrected chi connectivity index (χ2v) is 6.15. The molecular weight excluding hydrogens is 378 g/mol. The molecule has 3 rings (SSSR count). The lowest BCUT2D eigenvalue weighted by Crippen LogP contribution is -2.31. The molecule has 3 aromatic rings. The van der Waals surface area contributed by atoms with Gasteiger partial charge < -0.3 is 10.1 Å². The van der Waals surface area contributed by atoms with Crippen molar-refractivity contribution in [3.05, 3.63) is 62.9 Å². The first kappa shape index (κ1) is 19.8. The van der Waals surface area contributed by atoms with E-state index in [1.165, 1.54) is 23.9 Å². The van der Waals surface area contributed by atoms with Crippen molar-refractivity contribution in [3.8, 4) is 0 Å². The maximum absolute atomic E-state index is 12.5. The van der Waals surface area contributed by atoms with E-state index in [-0.39, 0.29) is 16.6 Å². The summed E-state index contributed by atoms with van der Waals surface area (Å²) in [5.41, 5.74) is 0.252. The van der Waals surface area contributed by atoms with E-state index < -0.39 is 23.2 Å². The lowest BCUT2D eigenvalue weighted by Gasteiger charge is -2.09. The van der Waals surface area contributed by atoms with Crippen LogP contribution in [0.15, 0.2) is 46.1 Å². The van der Waals surface area contributed by atoms with Crippen LogP contribution in [0.5, 0.6) is 0 Å². The van der Waals surface area contributed by atoms with Crippen LogP contribution in [0.4, 0.5) is 16.2 Å². The van der Waals surface area contributed by atoms with E-state index in [1.54, 1.807) is 24.3 Å². The molecule has 0 radical (unpaired) electrons. The normalized spacial score (nSPS) is 10.6. The van der Waals surface area contributed by atoms with Gasteiger partial charge in [0.25, 0.3) is 11.5 Å². The van der Waals surface area contributed by atoms with Gasteiger partial charge in [-0.2, -0.15) is 0 Å². The van der Waals surface area contributed by atoms with Crippen LogP contribution in [-0.4, -0.2) is 33.6 Å². The molecule has 0 aliphatic carbocycles. The average Bonchev–Trinajstić information content (AvgIpc) is 2.72. The molecule has 2 amide bonds. The van der Waals surface area contributed by atoms with Gasteiger partial charge >= 0.3 is 11.8 Å². The van der Waals surface area contributed by atoms with Crippen molar-refractivity contribution in [2.24, 2.45) is 0 Å². The van der Waals surface area contributed by atoms with Crippen LogP contribution in [0.25, 0.3) is 11.0 Å². The molecule has 0 bridgehead atoms. The first-order valence-corrected chi connectivity index (χ1v) is 8.82. The predicted molar refractivity (Wildman–Crippen MR) is 107 cm³/mol. The van der Waals surface area contributed by atoms with Gasteiger partial charge in [-0.05, 0) is 36.8 Å². The molecule has 0 atom stereocenters. The molecule has 150 valence electrons. The summed E-state index contributed by atoms with van der Waals surface area (Å²) in [6, 6.07) is 7.79. The highest BCUT2D eigenvalue weighted by atomic mass is 16.5. The molecule has 2 heterocycles. The van der Waals surface area contributed by atoms with Crippen molar-refractivity contribution in [1.29, 1.82) is 0 Å². The van der Waals surface area contributed by atoms with Gasteiger partial charge in [-0.15, -0.1) is 0 Å². The predicted octanol–water partition coefficient (Wildman–Crippen LogP) is 1.93. The van der Waals surface area contributed by atoms with Gasteiger partial charge in [0.1, 0.15) is 5.65 Å². The van der Waals surface area contributed by atoms with E-state index in [9.17, 15) is 19.2 Å². The van der Waals surface area contributed by atoms with Crippen LogP contribution in [0.3, 0.4) is 0 Å². The van der Waals surface area contributed by atoms with Crippen LogP contribution < -0.4 is 21.9 Å². The Bertz CT molecular complexity index is 1180. The minimum Gasteiger partial charge on any atom is -0.453 e. The largest absolute Gasteiger partial charge is 0.453 e. The standard InChI is InChI=1S/C19H19N5O5/c1-3-8-24-15-14(17(26)23-18(24)27)9-11(10-20-15)16(25)21-12-4-6-13(7-5-12)22-19(28)29-2/h4-7,9-10H,3,8H2,1-2H3,(H,21,25)(H,22,28)(H,23,26,27). The van der Waals surface area contributed by atoms with E-state index >= 15 is 0 Å². The molecule has 0 saturated heterocycles. The molecule has 10 nitrogen and oxygen atoms in total. The number of hydrogen-bond donors (Lipinski definition) is 3. The molecule has 0 spiro atoms. The van der Waals surface area contributed by atoms with Gasteiger partial charge in [0.2, 0.25) is 0 Å². The Morgan fingerprint density at radius 3 is 2.41 bits per heavy atom. The summed E-state index contributed by atoms with van der Waals surface area (Å²) in [7, 11) is 1.26. The summed E-state index contributed by atoms with van der Waals surface area (Å²) in [4.78, 5) is 54.3.